The predicted molar refractivity (Wildman–Crippen MR) is 121 cm³/mol. The van der Waals surface area contributed by atoms with Crippen LogP contribution in [0.2, 0.25) is 0 Å². The van der Waals surface area contributed by atoms with Crippen LogP contribution in [0.3, 0.4) is 0 Å². The average molecular weight is 431 g/mol. The zero-order valence-corrected chi connectivity index (χ0v) is 18.2. The monoisotopic (exact) mass is 430 g/mol. The van der Waals surface area contributed by atoms with Gasteiger partial charge in [-0.1, -0.05) is 49.0 Å². The highest BCUT2D eigenvalue weighted by atomic mass is 16.5. The van der Waals surface area contributed by atoms with Gasteiger partial charge in [-0.25, -0.2) is 0 Å². The molecule has 1 aliphatic carbocycles. The first-order chi connectivity index (χ1) is 15.5. The minimum absolute atomic E-state index is 0.252. The minimum atomic E-state index is -1.64. The van der Waals surface area contributed by atoms with E-state index in [0.29, 0.717) is 28.9 Å². The number of fused-ring (bicyclic) bond motifs is 1. The van der Waals surface area contributed by atoms with Gasteiger partial charge < -0.3 is 19.7 Å². The Morgan fingerprint density at radius 2 is 1.97 bits per heavy atom. The van der Waals surface area contributed by atoms with Crippen LogP contribution in [-0.4, -0.2) is 42.8 Å². The fraction of sp³-hybridized carbons (Fsp3) is 0.308. The van der Waals surface area contributed by atoms with Crippen LogP contribution in [0.15, 0.2) is 83.3 Å². The van der Waals surface area contributed by atoms with Crippen molar-refractivity contribution in [3.63, 3.8) is 0 Å². The maximum absolute atomic E-state index is 12.5. The van der Waals surface area contributed by atoms with Gasteiger partial charge in [-0.2, -0.15) is 5.26 Å². The quantitative estimate of drug-likeness (QED) is 0.560. The van der Waals surface area contributed by atoms with Crippen LogP contribution in [0.1, 0.15) is 29.0 Å². The van der Waals surface area contributed by atoms with Crippen molar-refractivity contribution in [2.75, 3.05) is 20.8 Å². The van der Waals surface area contributed by atoms with Crippen molar-refractivity contribution >= 4 is 6.21 Å². The Kier molecular flexibility index (Phi) is 5.64. The second-order valence-corrected chi connectivity index (χ2v) is 8.13. The lowest BCUT2D eigenvalue weighted by molar-refractivity contribution is -0.117. The summed E-state index contributed by atoms with van der Waals surface area (Å²) in [6.07, 6.45) is 2.00. The van der Waals surface area contributed by atoms with Crippen LogP contribution in [0, 0.1) is 17.2 Å². The van der Waals surface area contributed by atoms with Crippen LogP contribution in [-0.2, 0) is 15.1 Å². The Hall–Kier alpha value is -3.40. The van der Waals surface area contributed by atoms with E-state index >= 15 is 0 Å². The summed E-state index contributed by atoms with van der Waals surface area (Å²) in [5, 5.41) is 32.2. The van der Waals surface area contributed by atoms with Gasteiger partial charge in [0.2, 0.25) is 0 Å². The zero-order chi connectivity index (χ0) is 22.9. The Morgan fingerprint density at radius 3 is 2.53 bits per heavy atom. The molecule has 2 N–H and O–H groups in total. The standard InChI is InChI=1S/C26H26N2O4/c1-17-24(23(31-3)15-28-2)25(30)21(16-29)13-22(19-7-5-4-6-8-19)26(25,32-17)20-11-9-18(14-27)10-12-20/h4-12,15,21-22,29-30H,1,13,16H2,2-3H3/b24-23-,28-15-/t21?,22-,25+,26-/m0/s1. The highest BCUT2D eigenvalue weighted by Crippen LogP contribution is 2.68. The Morgan fingerprint density at radius 1 is 1.28 bits per heavy atom. The van der Waals surface area contributed by atoms with Crippen molar-refractivity contribution in [2.45, 2.75) is 23.5 Å². The van der Waals surface area contributed by atoms with E-state index in [-0.39, 0.29) is 18.3 Å². The molecule has 4 atom stereocenters. The van der Waals surface area contributed by atoms with E-state index < -0.39 is 17.1 Å². The molecule has 0 spiro atoms. The van der Waals surface area contributed by atoms with Gasteiger partial charge >= 0.3 is 0 Å². The third-order valence-corrected chi connectivity index (χ3v) is 6.69. The van der Waals surface area contributed by atoms with Crippen molar-refractivity contribution in [3.8, 4) is 6.07 Å². The van der Waals surface area contributed by atoms with Gasteiger partial charge in [0, 0.05) is 25.5 Å². The second kappa shape index (κ2) is 8.27. The first-order valence-electron chi connectivity index (χ1n) is 10.5. The molecule has 2 aromatic carbocycles. The molecule has 32 heavy (non-hydrogen) atoms. The van der Waals surface area contributed by atoms with Crippen molar-refractivity contribution in [1.82, 2.24) is 0 Å². The summed E-state index contributed by atoms with van der Waals surface area (Å²) in [5.74, 6) is -0.229. The molecule has 1 saturated heterocycles. The highest BCUT2D eigenvalue weighted by molar-refractivity contribution is 5.80. The van der Waals surface area contributed by atoms with Crippen LogP contribution in [0.25, 0.3) is 0 Å². The third-order valence-electron chi connectivity index (χ3n) is 6.69. The molecule has 2 aromatic rings. The number of ether oxygens (including phenoxy) is 2. The molecule has 2 fully saturated rings. The molecule has 1 unspecified atom stereocenters. The number of allylic oxidation sites excluding steroid dienone is 1. The van der Waals surface area contributed by atoms with Crippen LogP contribution in [0.5, 0.6) is 0 Å². The number of rotatable bonds is 5. The van der Waals surface area contributed by atoms with Crippen LogP contribution >= 0.6 is 0 Å². The third kappa shape index (κ3) is 2.89. The lowest BCUT2D eigenvalue weighted by Crippen LogP contribution is -2.52. The number of hydrogen-bond acceptors (Lipinski definition) is 6. The molecule has 0 amide bonds. The van der Waals surface area contributed by atoms with Gasteiger partial charge in [0.25, 0.3) is 0 Å². The van der Waals surface area contributed by atoms with Crippen molar-refractivity contribution in [2.24, 2.45) is 10.9 Å². The largest absolute Gasteiger partial charge is 0.495 e. The van der Waals surface area contributed by atoms with E-state index in [1.54, 1.807) is 31.3 Å². The molecular formula is C26H26N2O4. The summed E-state index contributed by atoms with van der Waals surface area (Å²) in [6, 6.07) is 19.0. The first kappa shape index (κ1) is 21.8. The smallest absolute Gasteiger partial charge is 0.174 e. The molecule has 0 aromatic heterocycles. The number of benzene rings is 2. The Labute approximate surface area is 187 Å². The molecule has 1 saturated carbocycles. The molecular weight excluding hydrogens is 404 g/mol. The van der Waals surface area contributed by atoms with Gasteiger partial charge in [-0.15, -0.1) is 0 Å². The minimum Gasteiger partial charge on any atom is -0.495 e. The SMILES string of the molecule is C=C1O[C@@]2(c3ccc(C#N)cc3)[C@H](c3ccccc3)CC(CO)[C@@]2(O)/C1=C(/C=N\C)OC. The summed E-state index contributed by atoms with van der Waals surface area (Å²) in [4.78, 5) is 4.06. The summed E-state index contributed by atoms with van der Waals surface area (Å²) in [7, 11) is 3.11. The lowest BCUT2D eigenvalue weighted by atomic mass is 9.69. The molecule has 4 rings (SSSR count). The summed E-state index contributed by atoms with van der Waals surface area (Å²) in [5.41, 5.74) is -0.349. The number of methoxy groups -OCH3 is 1. The molecule has 164 valence electrons. The van der Waals surface area contributed by atoms with E-state index in [2.05, 4.69) is 17.6 Å². The summed E-state index contributed by atoms with van der Waals surface area (Å²) in [6.45, 7) is 3.85. The normalized spacial score (nSPS) is 30.7. The van der Waals surface area contributed by atoms with Gasteiger partial charge in [0.1, 0.15) is 17.1 Å². The van der Waals surface area contributed by atoms with E-state index in [4.69, 9.17) is 9.47 Å². The molecule has 6 nitrogen and oxygen atoms in total. The molecule has 1 aliphatic heterocycles. The number of nitrogens with zero attached hydrogens (tertiary/aromatic N) is 2. The molecule has 2 aliphatic rings. The second-order valence-electron chi connectivity index (χ2n) is 8.13. The van der Waals surface area contributed by atoms with E-state index in [1.807, 2.05) is 30.3 Å². The number of hydrogen-bond donors (Lipinski definition) is 2. The van der Waals surface area contributed by atoms with Gasteiger partial charge in [0.15, 0.2) is 5.60 Å². The van der Waals surface area contributed by atoms with Gasteiger partial charge in [0.05, 0.1) is 30.5 Å². The van der Waals surface area contributed by atoms with Crippen LogP contribution in [0.4, 0.5) is 0 Å². The van der Waals surface area contributed by atoms with Crippen molar-refractivity contribution in [3.05, 3.63) is 95.0 Å². The van der Waals surface area contributed by atoms with E-state index in [9.17, 15) is 15.5 Å². The predicted octanol–water partition coefficient (Wildman–Crippen LogP) is 3.43. The molecule has 6 heteroatoms. The Balaban J connectivity index is 2.06. The topological polar surface area (TPSA) is 95.1 Å². The number of aliphatic imine (C=N–C) groups is 1. The Bertz CT molecular complexity index is 1120. The van der Waals surface area contributed by atoms with Crippen molar-refractivity contribution in [1.29, 1.82) is 5.26 Å². The van der Waals surface area contributed by atoms with Crippen molar-refractivity contribution < 1.29 is 19.7 Å². The van der Waals surface area contributed by atoms with Gasteiger partial charge in [-0.3, -0.25) is 4.99 Å². The van der Waals surface area contributed by atoms with E-state index in [0.717, 1.165) is 5.56 Å². The summed E-state index contributed by atoms with van der Waals surface area (Å²) >= 11 is 0. The highest BCUT2D eigenvalue weighted by Gasteiger charge is 2.74. The fourth-order valence-corrected chi connectivity index (χ4v) is 5.38. The lowest BCUT2D eigenvalue weighted by Gasteiger charge is -2.41. The fourth-order valence-electron chi connectivity index (χ4n) is 5.38. The molecule has 1 heterocycles. The number of nitriles is 1. The number of aliphatic hydroxyl groups is 2. The maximum Gasteiger partial charge on any atom is 0.174 e. The van der Waals surface area contributed by atoms with Gasteiger partial charge in [-0.05, 0) is 29.7 Å². The average Bonchev–Trinajstić information content (AvgIpc) is 3.21. The first-order valence-corrected chi connectivity index (χ1v) is 10.5. The summed E-state index contributed by atoms with van der Waals surface area (Å²) < 4.78 is 12.1. The molecule has 0 bridgehead atoms. The maximum atomic E-state index is 12.5. The zero-order valence-electron chi connectivity index (χ0n) is 18.2. The van der Waals surface area contributed by atoms with E-state index in [1.165, 1.54) is 13.3 Å². The number of aliphatic hydroxyl groups excluding tert-OH is 1. The molecule has 0 radical (unpaired) electrons. The van der Waals surface area contributed by atoms with Crippen LogP contribution < -0.4 is 0 Å².